The van der Waals surface area contributed by atoms with Crippen LogP contribution in [0, 0.1) is 0 Å². The van der Waals surface area contributed by atoms with Gasteiger partial charge in [-0.25, -0.2) is 0 Å². The Morgan fingerprint density at radius 3 is 3.08 bits per heavy atom. The van der Waals surface area contributed by atoms with Crippen LogP contribution < -0.4 is 10.6 Å². The summed E-state index contributed by atoms with van der Waals surface area (Å²) >= 11 is 7.21. The van der Waals surface area contributed by atoms with E-state index in [0.29, 0.717) is 11.6 Å². The normalized spacial score (nSPS) is 22.2. The van der Waals surface area contributed by atoms with Crippen molar-refractivity contribution in [1.82, 2.24) is 10.6 Å². The van der Waals surface area contributed by atoms with Gasteiger partial charge in [0.05, 0.1) is 12.6 Å². The van der Waals surface area contributed by atoms with E-state index in [4.69, 9.17) is 11.6 Å². The third-order valence-corrected chi connectivity index (χ3v) is 2.56. The average molecular weight is 207 g/mol. The van der Waals surface area contributed by atoms with Crippen molar-refractivity contribution in [2.75, 3.05) is 18.2 Å². The van der Waals surface area contributed by atoms with Crippen molar-refractivity contribution >= 4 is 29.3 Å². The summed E-state index contributed by atoms with van der Waals surface area (Å²) in [5, 5.41) is 6.19. The monoisotopic (exact) mass is 206 g/mol. The van der Waals surface area contributed by atoms with E-state index in [1.165, 1.54) is 0 Å². The van der Waals surface area contributed by atoms with Gasteiger partial charge < -0.3 is 5.32 Å². The van der Waals surface area contributed by atoms with Gasteiger partial charge in [-0.05, 0) is 0 Å². The van der Waals surface area contributed by atoms with Crippen LogP contribution in [0.3, 0.4) is 0 Å². The number of hydrogen-bond donors (Lipinski definition) is 2. The topological polar surface area (TPSA) is 41.1 Å². The molecule has 1 aliphatic heterocycles. The molecule has 0 aliphatic carbocycles. The molecule has 1 atom stereocenters. The van der Waals surface area contributed by atoms with E-state index in [9.17, 15) is 4.79 Å². The summed E-state index contributed by atoms with van der Waals surface area (Å²) in [5.41, 5.74) is 0. The SMILES string of the molecule is C=C(Cl)CNC(=O)[C@H]1CSCN1. The lowest BCUT2D eigenvalue weighted by atomic mass is 10.3. The van der Waals surface area contributed by atoms with Crippen molar-refractivity contribution < 1.29 is 4.79 Å². The van der Waals surface area contributed by atoms with Gasteiger partial charge in [0, 0.05) is 16.7 Å². The molecular formula is C7H11ClN2OS. The Kier molecular flexibility index (Phi) is 3.91. The third-order valence-electron chi connectivity index (χ3n) is 1.49. The van der Waals surface area contributed by atoms with Crippen LogP contribution in [0.4, 0.5) is 0 Å². The van der Waals surface area contributed by atoms with E-state index < -0.39 is 0 Å². The first kappa shape index (κ1) is 9.89. The van der Waals surface area contributed by atoms with E-state index in [-0.39, 0.29) is 11.9 Å². The molecule has 0 spiro atoms. The van der Waals surface area contributed by atoms with Gasteiger partial charge in [-0.1, -0.05) is 18.2 Å². The predicted octanol–water partition coefficient (Wildman–Crippen LogP) is 0.518. The number of carbonyl (C=O) groups is 1. The maximum Gasteiger partial charge on any atom is 0.238 e. The Hall–Kier alpha value is -0.190. The fourth-order valence-electron chi connectivity index (χ4n) is 0.870. The first-order chi connectivity index (χ1) is 5.70. The number of nitrogens with one attached hydrogen (secondary N) is 2. The fraction of sp³-hybridized carbons (Fsp3) is 0.571. The maximum absolute atomic E-state index is 11.3. The summed E-state index contributed by atoms with van der Waals surface area (Å²) in [7, 11) is 0. The number of thioether (sulfide) groups is 1. The number of carbonyl (C=O) groups excluding carboxylic acids is 1. The summed E-state index contributed by atoms with van der Waals surface area (Å²) in [6, 6.07) is -0.0639. The molecule has 0 bridgehead atoms. The third kappa shape index (κ3) is 3.05. The van der Waals surface area contributed by atoms with Crippen LogP contribution in [-0.4, -0.2) is 30.1 Å². The lowest BCUT2D eigenvalue weighted by Gasteiger charge is -2.08. The minimum Gasteiger partial charge on any atom is -0.350 e. The smallest absolute Gasteiger partial charge is 0.238 e. The van der Waals surface area contributed by atoms with E-state index >= 15 is 0 Å². The molecule has 68 valence electrons. The van der Waals surface area contributed by atoms with Crippen LogP contribution in [0.1, 0.15) is 0 Å². The highest BCUT2D eigenvalue weighted by molar-refractivity contribution is 7.99. The largest absolute Gasteiger partial charge is 0.350 e. The van der Waals surface area contributed by atoms with Crippen molar-refractivity contribution in [3.8, 4) is 0 Å². The van der Waals surface area contributed by atoms with Crippen molar-refractivity contribution in [2.24, 2.45) is 0 Å². The molecule has 1 saturated heterocycles. The zero-order chi connectivity index (χ0) is 8.97. The van der Waals surface area contributed by atoms with Gasteiger partial charge in [-0.2, -0.15) is 0 Å². The molecule has 0 saturated carbocycles. The summed E-state index contributed by atoms with van der Waals surface area (Å²) < 4.78 is 0. The summed E-state index contributed by atoms with van der Waals surface area (Å²) in [6.07, 6.45) is 0. The zero-order valence-corrected chi connectivity index (χ0v) is 8.17. The molecule has 0 aromatic carbocycles. The molecule has 1 rings (SSSR count). The highest BCUT2D eigenvalue weighted by atomic mass is 35.5. The second-order valence-corrected chi connectivity index (χ2v) is 4.07. The first-order valence-corrected chi connectivity index (χ1v) is 5.15. The van der Waals surface area contributed by atoms with Crippen LogP contribution in [0.5, 0.6) is 0 Å². The molecule has 3 nitrogen and oxygen atoms in total. The standard InChI is InChI=1S/C7H11ClN2OS/c1-5(8)2-9-7(11)6-3-12-4-10-6/h6,10H,1-4H2,(H,9,11)/t6-/m1/s1. The van der Waals surface area contributed by atoms with Crippen LogP contribution in [0.2, 0.25) is 0 Å². The van der Waals surface area contributed by atoms with Crippen LogP contribution in [0.25, 0.3) is 0 Å². The average Bonchev–Trinajstić information content (AvgIpc) is 2.51. The quantitative estimate of drug-likeness (QED) is 0.708. The lowest BCUT2D eigenvalue weighted by molar-refractivity contribution is -0.122. The Labute approximate surface area is 80.9 Å². The Morgan fingerprint density at radius 2 is 2.58 bits per heavy atom. The van der Waals surface area contributed by atoms with Crippen molar-refractivity contribution in [3.63, 3.8) is 0 Å². The summed E-state index contributed by atoms with van der Waals surface area (Å²) in [4.78, 5) is 11.3. The molecular weight excluding hydrogens is 196 g/mol. The number of hydrogen-bond acceptors (Lipinski definition) is 3. The van der Waals surface area contributed by atoms with Crippen molar-refractivity contribution in [2.45, 2.75) is 6.04 Å². The Morgan fingerprint density at radius 1 is 1.83 bits per heavy atom. The molecule has 0 aromatic rings. The van der Waals surface area contributed by atoms with Crippen LogP contribution >= 0.6 is 23.4 Å². The van der Waals surface area contributed by atoms with Crippen molar-refractivity contribution in [3.05, 3.63) is 11.6 Å². The predicted molar refractivity (Wildman–Crippen MR) is 52.3 cm³/mol. The maximum atomic E-state index is 11.3. The number of amides is 1. The molecule has 1 amide bonds. The van der Waals surface area contributed by atoms with Gasteiger partial charge in [0.15, 0.2) is 0 Å². The van der Waals surface area contributed by atoms with Gasteiger partial charge in [0.1, 0.15) is 0 Å². The van der Waals surface area contributed by atoms with Crippen LogP contribution in [0.15, 0.2) is 11.6 Å². The number of halogens is 1. The second-order valence-electron chi connectivity index (χ2n) is 2.51. The van der Waals surface area contributed by atoms with E-state index in [1.54, 1.807) is 11.8 Å². The Balaban J connectivity index is 2.23. The first-order valence-electron chi connectivity index (χ1n) is 3.62. The van der Waals surface area contributed by atoms with Gasteiger partial charge >= 0.3 is 0 Å². The summed E-state index contributed by atoms with van der Waals surface area (Å²) in [5.74, 6) is 1.68. The van der Waals surface area contributed by atoms with E-state index in [2.05, 4.69) is 17.2 Å². The molecule has 0 radical (unpaired) electrons. The van der Waals surface area contributed by atoms with Gasteiger partial charge in [0.2, 0.25) is 5.91 Å². The highest BCUT2D eigenvalue weighted by Crippen LogP contribution is 2.09. The molecule has 5 heteroatoms. The highest BCUT2D eigenvalue weighted by Gasteiger charge is 2.21. The Bertz CT molecular complexity index is 192. The molecule has 2 N–H and O–H groups in total. The second kappa shape index (κ2) is 4.74. The zero-order valence-electron chi connectivity index (χ0n) is 6.60. The molecule has 0 unspecified atom stereocenters. The van der Waals surface area contributed by atoms with E-state index in [1.807, 2.05) is 0 Å². The van der Waals surface area contributed by atoms with E-state index in [0.717, 1.165) is 11.6 Å². The minimum absolute atomic E-state index is 0.00167. The molecule has 1 aliphatic rings. The molecule has 12 heavy (non-hydrogen) atoms. The molecule has 1 fully saturated rings. The van der Waals surface area contributed by atoms with Gasteiger partial charge in [-0.3, -0.25) is 10.1 Å². The fourth-order valence-corrected chi connectivity index (χ4v) is 1.88. The lowest BCUT2D eigenvalue weighted by Crippen LogP contribution is -2.42. The van der Waals surface area contributed by atoms with Crippen LogP contribution in [-0.2, 0) is 4.79 Å². The molecule has 0 aromatic heterocycles. The minimum atomic E-state index is -0.0639. The van der Waals surface area contributed by atoms with Gasteiger partial charge in [-0.15, -0.1) is 11.8 Å². The number of rotatable bonds is 3. The molecule has 1 heterocycles. The summed E-state index contributed by atoms with van der Waals surface area (Å²) in [6.45, 7) is 3.83. The van der Waals surface area contributed by atoms with Gasteiger partial charge in [0.25, 0.3) is 0 Å². The van der Waals surface area contributed by atoms with Crippen molar-refractivity contribution in [1.29, 1.82) is 0 Å².